The minimum atomic E-state index is -0.419. The van der Waals surface area contributed by atoms with Crippen molar-refractivity contribution in [1.29, 1.82) is 0 Å². The number of hydrogen-bond acceptors (Lipinski definition) is 11. The van der Waals surface area contributed by atoms with Crippen LogP contribution in [0, 0.1) is 0 Å². The van der Waals surface area contributed by atoms with Gasteiger partial charge in [-0.3, -0.25) is 9.59 Å². The topological polar surface area (TPSA) is 136 Å². The number of β-amino-alcohol motifs (C(OH)–C–C–N with tert-alkyl or cyclic N) is 1. The molecule has 2 aliphatic rings. The van der Waals surface area contributed by atoms with Crippen LogP contribution in [0.3, 0.4) is 0 Å². The van der Waals surface area contributed by atoms with E-state index in [2.05, 4.69) is 38.6 Å². The number of nitrogens with zero attached hydrogens (tertiary/aromatic N) is 6. The molecule has 3 aromatic rings. The van der Waals surface area contributed by atoms with E-state index in [0.29, 0.717) is 78.7 Å². The molecule has 2 aliphatic heterocycles. The number of allylic oxidation sites excluding steroid dienone is 4. The molecule has 252 valence electrons. The highest BCUT2D eigenvalue weighted by Gasteiger charge is 2.28. The highest BCUT2D eigenvalue weighted by molar-refractivity contribution is 7.17. The summed E-state index contributed by atoms with van der Waals surface area (Å²) in [5, 5.41) is 17.0. The Kier molecular flexibility index (Phi) is 11.1. The lowest BCUT2D eigenvalue weighted by molar-refractivity contribution is -0.126. The van der Waals surface area contributed by atoms with Crippen molar-refractivity contribution < 1.29 is 19.4 Å². The van der Waals surface area contributed by atoms with Gasteiger partial charge in [0.15, 0.2) is 22.5 Å². The van der Waals surface area contributed by atoms with Crippen molar-refractivity contribution in [3.05, 3.63) is 83.2 Å². The molecule has 2 fully saturated rings. The minimum Gasteiger partial charge on any atom is -0.493 e. The Morgan fingerprint density at radius 1 is 1.15 bits per heavy atom. The molecular weight excluding hydrogens is 652 g/mol. The number of hydrogen-bond donors (Lipinski definition) is 3. The number of pyridine rings is 2. The number of nitrogens with one attached hydrogen (secondary N) is 2. The molecule has 1 unspecified atom stereocenters. The zero-order valence-electron chi connectivity index (χ0n) is 27.2. The number of amides is 2. The Morgan fingerprint density at radius 2 is 1.92 bits per heavy atom. The number of thiazole rings is 1. The first-order valence-corrected chi connectivity index (χ1v) is 16.7. The lowest BCUT2D eigenvalue weighted by atomic mass is 10.1. The smallest absolute Gasteiger partial charge is 0.267 e. The average Bonchev–Trinajstić information content (AvgIpc) is 3.75. The molecule has 0 aliphatic carbocycles. The minimum absolute atomic E-state index is 0.0767. The van der Waals surface area contributed by atoms with Crippen LogP contribution >= 0.6 is 22.9 Å². The van der Waals surface area contributed by atoms with Crippen LogP contribution in [-0.2, 0) is 4.79 Å². The third-order valence-corrected chi connectivity index (χ3v) is 9.17. The van der Waals surface area contributed by atoms with Crippen LogP contribution in [0.5, 0.6) is 5.75 Å². The largest absolute Gasteiger partial charge is 0.493 e. The maximum atomic E-state index is 13.0. The molecule has 0 bridgehead atoms. The SMILES string of the molecule is C=CC(=O)N1CCN(c2ncc(-c3ccc(OC)c(Nc4ncc(C(=O)N/C(C(=C)Cl)=C(C)/C=C\C)s4)n3)cc2N2CCC(O)C2)CC1. The molecule has 0 aromatic carbocycles. The normalized spacial score (nSPS) is 16.9. The van der Waals surface area contributed by atoms with Gasteiger partial charge in [0.2, 0.25) is 5.91 Å². The van der Waals surface area contributed by atoms with E-state index in [4.69, 9.17) is 26.3 Å². The van der Waals surface area contributed by atoms with Gasteiger partial charge in [0.25, 0.3) is 5.91 Å². The van der Waals surface area contributed by atoms with E-state index in [-0.39, 0.29) is 16.8 Å². The van der Waals surface area contributed by atoms with Crippen LogP contribution in [0.25, 0.3) is 11.3 Å². The van der Waals surface area contributed by atoms with E-state index in [9.17, 15) is 14.7 Å². The maximum absolute atomic E-state index is 13.0. The molecule has 12 nitrogen and oxygen atoms in total. The summed E-state index contributed by atoms with van der Waals surface area (Å²) in [5.41, 5.74) is 3.52. The summed E-state index contributed by atoms with van der Waals surface area (Å²) in [6.45, 7) is 14.7. The number of piperazine rings is 1. The molecule has 0 saturated carbocycles. The molecule has 1 atom stereocenters. The van der Waals surface area contributed by atoms with Crippen molar-refractivity contribution in [1.82, 2.24) is 25.2 Å². The number of methoxy groups -OCH3 is 1. The summed E-state index contributed by atoms with van der Waals surface area (Å²) in [5.74, 6) is 1.27. The van der Waals surface area contributed by atoms with Gasteiger partial charge in [0.1, 0.15) is 4.88 Å². The van der Waals surface area contributed by atoms with Crippen molar-refractivity contribution in [2.75, 3.05) is 61.5 Å². The van der Waals surface area contributed by atoms with Crippen molar-refractivity contribution in [2.45, 2.75) is 26.4 Å². The fourth-order valence-electron chi connectivity index (χ4n) is 5.58. The first kappa shape index (κ1) is 34.6. The van der Waals surface area contributed by atoms with Crippen molar-refractivity contribution in [2.24, 2.45) is 0 Å². The molecule has 3 aromatic heterocycles. The highest BCUT2D eigenvalue weighted by atomic mass is 35.5. The summed E-state index contributed by atoms with van der Waals surface area (Å²) in [7, 11) is 1.55. The zero-order chi connectivity index (χ0) is 34.4. The summed E-state index contributed by atoms with van der Waals surface area (Å²) >= 11 is 7.31. The van der Waals surface area contributed by atoms with Gasteiger partial charge in [0.05, 0.1) is 41.5 Å². The van der Waals surface area contributed by atoms with Gasteiger partial charge in [-0.1, -0.05) is 48.2 Å². The van der Waals surface area contributed by atoms with E-state index in [1.807, 2.05) is 44.2 Å². The molecule has 2 amide bonds. The van der Waals surface area contributed by atoms with Gasteiger partial charge in [-0.25, -0.2) is 15.0 Å². The van der Waals surface area contributed by atoms with Crippen LogP contribution in [0.2, 0.25) is 0 Å². The monoisotopic (exact) mass is 690 g/mol. The summed E-state index contributed by atoms with van der Waals surface area (Å²) < 4.78 is 5.58. The van der Waals surface area contributed by atoms with Crippen molar-refractivity contribution >= 4 is 57.2 Å². The number of carbonyl (C=O) groups excluding carboxylic acids is 2. The Labute approximate surface area is 289 Å². The van der Waals surface area contributed by atoms with Crippen LogP contribution < -0.4 is 25.2 Å². The second-order valence-electron chi connectivity index (χ2n) is 11.3. The third kappa shape index (κ3) is 7.87. The predicted octanol–water partition coefficient (Wildman–Crippen LogP) is 5.09. The van der Waals surface area contributed by atoms with E-state index in [1.54, 1.807) is 18.2 Å². The summed E-state index contributed by atoms with van der Waals surface area (Å²) in [6, 6.07) is 5.70. The molecule has 3 N–H and O–H groups in total. The van der Waals surface area contributed by atoms with Crippen LogP contribution in [0.15, 0.2) is 78.3 Å². The quantitative estimate of drug-likeness (QED) is 0.184. The number of carbonyl (C=O) groups is 2. The zero-order valence-corrected chi connectivity index (χ0v) is 28.8. The Bertz CT molecular complexity index is 1770. The number of aromatic nitrogens is 3. The number of aliphatic hydroxyl groups excluding tert-OH is 1. The number of rotatable bonds is 11. The second-order valence-corrected chi connectivity index (χ2v) is 12.8. The lowest BCUT2D eigenvalue weighted by Gasteiger charge is -2.37. The van der Waals surface area contributed by atoms with E-state index in [1.165, 1.54) is 12.3 Å². The van der Waals surface area contributed by atoms with Gasteiger partial charge in [-0.05, 0) is 50.1 Å². The molecule has 14 heteroatoms. The van der Waals surface area contributed by atoms with E-state index in [0.717, 1.165) is 34.0 Å². The van der Waals surface area contributed by atoms with Crippen molar-refractivity contribution in [3.8, 4) is 17.0 Å². The highest BCUT2D eigenvalue weighted by Crippen LogP contribution is 2.36. The molecule has 48 heavy (non-hydrogen) atoms. The molecule has 0 radical (unpaired) electrons. The van der Waals surface area contributed by atoms with E-state index >= 15 is 0 Å². The van der Waals surface area contributed by atoms with Crippen LogP contribution in [0.4, 0.5) is 22.5 Å². The van der Waals surface area contributed by atoms with Crippen LogP contribution in [-0.4, -0.2) is 89.3 Å². The van der Waals surface area contributed by atoms with Gasteiger partial charge < -0.3 is 35.2 Å². The van der Waals surface area contributed by atoms with Gasteiger partial charge in [-0.15, -0.1) is 0 Å². The van der Waals surface area contributed by atoms with Gasteiger partial charge in [-0.2, -0.15) is 0 Å². The molecule has 5 rings (SSSR count). The van der Waals surface area contributed by atoms with Gasteiger partial charge in [0, 0.05) is 51.0 Å². The van der Waals surface area contributed by atoms with E-state index < -0.39 is 6.10 Å². The lowest BCUT2D eigenvalue weighted by Crippen LogP contribution is -2.49. The Hall–Kier alpha value is -4.72. The van der Waals surface area contributed by atoms with Crippen LogP contribution in [0.1, 0.15) is 29.9 Å². The molecule has 0 spiro atoms. The fourth-order valence-corrected chi connectivity index (χ4v) is 6.49. The second kappa shape index (κ2) is 15.5. The first-order valence-electron chi connectivity index (χ1n) is 15.5. The number of ether oxygens (including phenoxy) is 1. The summed E-state index contributed by atoms with van der Waals surface area (Å²) in [6.07, 6.45) is 8.54. The fraction of sp³-hybridized carbons (Fsp3) is 0.324. The van der Waals surface area contributed by atoms with Crippen molar-refractivity contribution in [3.63, 3.8) is 0 Å². The number of halogens is 1. The van der Waals surface area contributed by atoms with Gasteiger partial charge >= 0.3 is 0 Å². The molecule has 2 saturated heterocycles. The molecule has 5 heterocycles. The molecular formula is C34H39ClN8O4S. The number of aliphatic hydroxyl groups is 1. The maximum Gasteiger partial charge on any atom is 0.267 e. The standard InChI is InChI=1S/C34H39ClN8O4S/c1-6-8-21(3)30(22(4)35)39-33(46)28-19-37-34(48-28)40-31-27(47-5)10-9-25(38-31)23-17-26(43-12-11-24(44)20-43)32(36-18-23)42-15-13-41(14-16-42)29(45)7-2/h6-10,17-19,24,44H,2,4,11-16,20H2,1,3,5H3,(H,39,46)(H,37,38,40)/b8-6-,30-21+. The third-order valence-electron chi connectivity index (χ3n) is 8.07. The average molecular weight is 691 g/mol. The predicted molar refractivity (Wildman–Crippen MR) is 191 cm³/mol. The summed E-state index contributed by atoms with van der Waals surface area (Å²) in [4.78, 5) is 45.8. The Morgan fingerprint density at radius 3 is 2.56 bits per heavy atom. The Balaban J connectivity index is 1.40. The number of anilines is 4. The first-order chi connectivity index (χ1) is 23.1.